The minimum Gasteiger partial charge on any atom is -0.299 e. The molecule has 0 atom stereocenters. The Bertz CT molecular complexity index is 78.6. The van der Waals surface area contributed by atoms with E-state index in [2.05, 4.69) is 22.6 Å². The van der Waals surface area contributed by atoms with Crippen LogP contribution >= 0.6 is 22.6 Å². The van der Waals surface area contributed by atoms with Gasteiger partial charge in [0.25, 0.3) is 0 Å². The average Bonchev–Trinajstić information content (AvgIpc) is 1.81. The Kier molecular flexibility index (Phi) is 7.26. The number of unbranched alkanes of at least 4 members (excludes halogenated alkanes) is 1. The third kappa shape index (κ3) is 6.14. The Morgan fingerprint density at radius 1 is 1.50 bits per heavy atom. The SMILES string of the molecule is O=C/C=C\CCCI. The van der Waals surface area contributed by atoms with Gasteiger partial charge in [-0.3, -0.25) is 4.79 Å². The molecule has 0 aromatic rings. The number of rotatable bonds is 4. The summed E-state index contributed by atoms with van der Waals surface area (Å²) in [7, 11) is 0. The van der Waals surface area contributed by atoms with E-state index in [0.29, 0.717) is 0 Å². The van der Waals surface area contributed by atoms with E-state index >= 15 is 0 Å². The minimum atomic E-state index is 0.813. The lowest BCUT2D eigenvalue weighted by atomic mass is 10.3. The molecule has 0 aromatic heterocycles. The fraction of sp³-hybridized carbons (Fsp3) is 0.500. The van der Waals surface area contributed by atoms with Gasteiger partial charge in [0.2, 0.25) is 0 Å². The van der Waals surface area contributed by atoms with E-state index in [0.717, 1.165) is 12.7 Å². The van der Waals surface area contributed by atoms with Crippen LogP contribution in [0.25, 0.3) is 0 Å². The van der Waals surface area contributed by atoms with Crippen LogP contribution in [-0.4, -0.2) is 10.7 Å². The molecule has 0 heterocycles. The first-order valence-electron chi connectivity index (χ1n) is 2.58. The molecule has 8 heavy (non-hydrogen) atoms. The van der Waals surface area contributed by atoms with Crippen LogP contribution in [0.1, 0.15) is 12.8 Å². The van der Waals surface area contributed by atoms with E-state index < -0.39 is 0 Å². The smallest absolute Gasteiger partial charge is 0.142 e. The predicted octanol–water partition coefficient (Wildman–Crippen LogP) is 1.96. The van der Waals surface area contributed by atoms with Gasteiger partial charge in [-0.15, -0.1) is 0 Å². The standard InChI is InChI=1S/C6H9IO/c7-5-3-1-2-4-6-8/h2,4,6H,1,3,5H2/b4-2-. The van der Waals surface area contributed by atoms with Crippen molar-refractivity contribution < 1.29 is 4.79 Å². The van der Waals surface area contributed by atoms with E-state index in [4.69, 9.17) is 0 Å². The molecule has 0 radical (unpaired) electrons. The van der Waals surface area contributed by atoms with Crippen LogP contribution in [0.5, 0.6) is 0 Å². The molecular weight excluding hydrogens is 215 g/mol. The van der Waals surface area contributed by atoms with Crippen LogP contribution in [0.3, 0.4) is 0 Å². The zero-order valence-electron chi connectivity index (χ0n) is 4.64. The molecule has 0 unspecified atom stereocenters. The summed E-state index contributed by atoms with van der Waals surface area (Å²) in [6.07, 6.45) is 6.46. The lowest BCUT2D eigenvalue weighted by Crippen LogP contribution is -1.69. The summed E-state index contributed by atoms with van der Waals surface area (Å²) in [5.74, 6) is 0. The van der Waals surface area contributed by atoms with Crippen molar-refractivity contribution in [2.75, 3.05) is 4.43 Å². The molecule has 0 N–H and O–H groups in total. The highest BCUT2D eigenvalue weighted by Crippen LogP contribution is 1.94. The summed E-state index contributed by atoms with van der Waals surface area (Å²) < 4.78 is 1.17. The van der Waals surface area contributed by atoms with E-state index in [1.165, 1.54) is 10.8 Å². The molecule has 0 aromatic carbocycles. The molecular formula is C6H9IO. The molecule has 0 amide bonds. The fourth-order valence-corrected chi connectivity index (χ4v) is 0.787. The first-order chi connectivity index (χ1) is 3.91. The Morgan fingerprint density at radius 3 is 2.75 bits per heavy atom. The highest BCUT2D eigenvalue weighted by Gasteiger charge is 1.75. The van der Waals surface area contributed by atoms with Crippen LogP contribution in [0.15, 0.2) is 12.2 Å². The van der Waals surface area contributed by atoms with Gasteiger partial charge in [-0.1, -0.05) is 28.7 Å². The maximum atomic E-state index is 9.68. The fourth-order valence-electron chi connectivity index (χ4n) is 0.347. The van der Waals surface area contributed by atoms with Gasteiger partial charge in [0.1, 0.15) is 6.29 Å². The molecule has 0 saturated carbocycles. The van der Waals surface area contributed by atoms with E-state index in [1.807, 2.05) is 6.08 Å². The van der Waals surface area contributed by atoms with Gasteiger partial charge in [0.05, 0.1) is 0 Å². The molecule has 0 aliphatic rings. The zero-order chi connectivity index (χ0) is 6.24. The Morgan fingerprint density at radius 2 is 2.25 bits per heavy atom. The number of allylic oxidation sites excluding steroid dienone is 2. The molecule has 0 spiro atoms. The number of halogens is 1. The largest absolute Gasteiger partial charge is 0.299 e. The third-order valence-corrected chi connectivity index (χ3v) is 1.48. The van der Waals surface area contributed by atoms with Gasteiger partial charge in [-0.25, -0.2) is 0 Å². The van der Waals surface area contributed by atoms with Crippen LogP contribution in [0.4, 0.5) is 0 Å². The van der Waals surface area contributed by atoms with Crippen molar-refractivity contribution in [1.82, 2.24) is 0 Å². The lowest BCUT2D eigenvalue weighted by molar-refractivity contribution is -0.104. The van der Waals surface area contributed by atoms with Gasteiger partial charge in [0, 0.05) is 0 Å². The number of hydrogen-bond donors (Lipinski definition) is 0. The summed E-state index contributed by atoms with van der Waals surface area (Å²) in [6.45, 7) is 0. The maximum Gasteiger partial charge on any atom is 0.142 e. The molecule has 0 rings (SSSR count). The van der Waals surface area contributed by atoms with Crippen molar-refractivity contribution in [3.63, 3.8) is 0 Å². The monoisotopic (exact) mass is 224 g/mol. The topological polar surface area (TPSA) is 17.1 Å². The van der Waals surface area contributed by atoms with Gasteiger partial charge in [-0.2, -0.15) is 0 Å². The average molecular weight is 224 g/mol. The molecule has 0 fully saturated rings. The third-order valence-electron chi connectivity index (χ3n) is 0.719. The first-order valence-corrected chi connectivity index (χ1v) is 4.10. The van der Waals surface area contributed by atoms with Crippen molar-refractivity contribution in [1.29, 1.82) is 0 Å². The maximum absolute atomic E-state index is 9.68. The molecule has 0 aliphatic heterocycles. The van der Waals surface area contributed by atoms with E-state index in [1.54, 1.807) is 6.08 Å². The highest BCUT2D eigenvalue weighted by atomic mass is 127. The van der Waals surface area contributed by atoms with Crippen molar-refractivity contribution in [2.24, 2.45) is 0 Å². The number of alkyl halides is 1. The van der Waals surface area contributed by atoms with Crippen LogP contribution in [-0.2, 0) is 4.79 Å². The van der Waals surface area contributed by atoms with Crippen LogP contribution < -0.4 is 0 Å². The first kappa shape index (κ1) is 8.14. The molecule has 1 nitrogen and oxygen atoms in total. The van der Waals surface area contributed by atoms with Crippen molar-refractivity contribution >= 4 is 28.9 Å². The molecule has 2 heteroatoms. The van der Waals surface area contributed by atoms with Gasteiger partial charge >= 0.3 is 0 Å². The van der Waals surface area contributed by atoms with Gasteiger partial charge < -0.3 is 0 Å². The van der Waals surface area contributed by atoms with E-state index in [9.17, 15) is 4.79 Å². The summed E-state index contributed by atoms with van der Waals surface area (Å²) in [6, 6.07) is 0. The predicted molar refractivity (Wildman–Crippen MR) is 43.3 cm³/mol. The number of carbonyl (C=O) groups excluding carboxylic acids is 1. The summed E-state index contributed by atoms with van der Waals surface area (Å²) in [5.41, 5.74) is 0. The lowest BCUT2D eigenvalue weighted by Gasteiger charge is -1.82. The Labute approximate surface area is 63.3 Å². The number of carbonyl (C=O) groups is 1. The normalized spacial score (nSPS) is 10.1. The van der Waals surface area contributed by atoms with Crippen LogP contribution in [0, 0.1) is 0 Å². The Hall–Kier alpha value is 0.140. The minimum absolute atomic E-state index is 0.813. The summed E-state index contributed by atoms with van der Waals surface area (Å²) in [4.78, 5) is 9.68. The van der Waals surface area contributed by atoms with Gasteiger partial charge in [-0.05, 0) is 23.3 Å². The molecule has 0 saturated heterocycles. The highest BCUT2D eigenvalue weighted by molar-refractivity contribution is 14.1. The summed E-state index contributed by atoms with van der Waals surface area (Å²) in [5, 5.41) is 0. The second-order valence-corrected chi connectivity index (χ2v) is 2.47. The summed E-state index contributed by atoms with van der Waals surface area (Å²) >= 11 is 2.32. The zero-order valence-corrected chi connectivity index (χ0v) is 6.80. The van der Waals surface area contributed by atoms with Gasteiger partial charge in [0.15, 0.2) is 0 Å². The quantitative estimate of drug-likeness (QED) is 0.234. The second-order valence-electron chi connectivity index (χ2n) is 1.40. The second kappa shape index (κ2) is 7.14. The number of aldehydes is 1. The van der Waals surface area contributed by atoms with Crippen LogP contribution in [0.2, 0.25) is 0 Å². The molecule has 0 aliphatic carbocycles. The van der Waals surface area contributed by atoms with Crippen molar-refractivity contribution in [3.8, 4) is 0 Å². The Balaban J connectivity index is 2.91. The van der Waals surface area contributed by atoms with E-state index in [-0.39, 0.29) is 0 Å². The van der Waals surface area contributed by atoms with Crippen molar-refractivity contribution in [2.45, 2.75) is 12.8 Å². The molecule has 0 bridgehead atoms. The number of hydrogen-bond acceptors (Lipinski definition) is 1. The molecule has 46 valence electrons. The van der Waals surface area contributed by atoms with Crippen molar-refractivity contribution in [3.05, 3.63) is 12.2 Å².